The van der Waals surface area contributed by atoms with Crippen molar-refractivity contribution in [3.8, 4) is 0 Å². The molecule has 0 saturated carbocycles. The van der Waals surface area contributed by atoms with E-state index in [1.807, 2.05) is 4.90 Å². The molecule has 16 heavy (non-hydrogen) atoms. The van der Waals surface area contributed by atoms with Crippen LogP contribution in [0.25, 0.3) is 0 Å². The molecule has 0 aliphatic rings. The zero-order chi connectivity index (χ0) is 12.0. The first kappa shape index (κ1) is 12.9. The largest absolute Gasteiger partial charge is 0.368 e. The molecule has 88 valence electrons. The minimum atomic E-state index is -0.360. The first-order valence-corrected chi connectivity index (χ1v) is 5.93. The van der Waals surface area contributed by atoms with Crippen molar-refractivity contribution in [3.05, 3.63) is 17.0 Å². The first-order valence-electron chi connectivity index (χ1n) is 5.14. The lowest BCUT2D eigenvalue weighted by molar-refractivity contribution is -0.116. The summed E-state index contributed by atoms with van der Waals surface area (Å²) in [7, 11) is 0. The van der Waals surface area contributed by atoms with Gasteiger partial charge >= 0.3 is 0 Å². The number of primary amides is 1. The Kier molecular flexibility index (Phi) is 5.18. The Hall–Kier alpha value is -1.17. The second-order valence-corrected chi connectivity index (χ2v) is 4.29. The van der Waals surface area contributed by atoms with Crippen LogP contribution in [0.5, 0.6) is 0 Å². The maximum Gasteiger partial charge on any atom is 0.236 e. The van der Waals surface area contributed by atoms with E-state index < -0.39 is 0 Å². The van der Waals surface area contributed by atoms with E-state index in [-0.39, 0.29) is 12.5 Å². The van der Waals surface area contributed by atoms with Gasteiger partial charge in [0.05, 0.1) is 11.0 Å². The molecule has 1 amide bonds. The zero-order valence-electron chi connectivity index (χ0n) is 9.19. The molecule has 0 aliphatic heterocycles. The fourth-order valence-electron chi connectivity index (χ4n) is 1.34. The summed E-state index contributed by atoms with van der Waals surface area (Å²) < 4.78 is 0.771. The molecular formula is C10H15BrN4O. The summed E-state index contributed by atoms with van der Waals surface area (Å²) in [6.45, 7) is 3.03. The maximum atomic E-state index is 11.0. The standard InChI is InChI=1S/C10H15BrN4O/c1-2-3-4-15(6-9(12)16)10-8(11)5-13-7-14-10/h5,7H,2-4,6H2,1H3,(H2,12,16). The molecule has 0 bridgehead atoms. The minimum absolute atomic E-state index is 0.176. The summed E-state index contributed by atoms with van der Waals surface area (Å²) in [5, 5.41) is 0. The molecule has 1 aromatic rings. The highest BCUT2D eigenvalue weighted by Gasteiger charge is 2.13. The van der Waals surface area contributed by atoms with E-state index >= 15 is 0 Å². The molecule has 6 heteroatoms. The van der Waals surface area contributed by atoms with Crippen molar-refractivity contribution in [1.82, 2.24) is 9.97 Å². The summed E-state index contributed by atoms with van der Waals surface area (Å²) in [6, 6.07) is 0. The molecule has 0 spiro atoms. The summed E-state index contributed by atoms with van der Waals surface area (Å²) in [5.41, 5.74) is 5.21. The van der Waals surface area contributed by atoms with E-state index in [2.05, 4.69) is 32.8 Å². The Morgan fingerprint density at radius 2 is 2.38 bits per heavy atom. The topological polar surface area (TPSA) is 72.1 Å². The van der Waals surface area contributed by atoms with Gasteiger partial charge in [0, 0.05) is 12.7 Å². The van der Waals surface area contributed by atoms with E-state index in [0.717, 1.165) is 23.9 Å². The average Bonchev–Trinajstić information content (AvgIpc) is 2.24. The van der Waals surface area contributed by atoms with Gasteiger partial charge in [-0.25, -0.2) is 9.97 Å². The predicted molar refractivity (Wildman–Crippen MR) is 66.0 cm³/mol. The number of hydrogen-bond acceptors (Lipinski definition) is 4. The van der Waals surface area contributed by atoms with Crippen LogP contribution in [0.2, 0.25) is 0 Å². The third-order valence-electron chi connectivity index (χ3n) is 2.08. The molecule has 0 saturated heterocycles. The number of rotatable bonds is 6. The SMILES string of the molecule is CCCCN(CC(N)=O)c1ncncc1Br. The van der Waals surface area contributed by atoms with E-state index in [0.29, 0.717) is 5.82 Å². The van der Waals surface area contributed by atoms with Gasteiger partial charge < -0.3 is 10.6 Å². The maximum absolute atomic E-state index is 11.0. The van der Waals surface area contributed by atoms with Crippen molar-refractivity contribution in [2.75, 3.05) is 18.0 Å². The number of halogens is 1. The molecule has 0 radical (unpaired) electrons. The molecule has 0 aromatic carbocycles. The molecule has 0 fully saturated rings. The number of anilines is 1. The molecule has 1 aromatic heterocycles. The zero-order valence-corrected chi connectivity index (χ0v) is 10.8. The Morgan fingerprint density at radius 3 is 2.94 bits per heavy atom. The fourth-order valence-corrected chi connectivity index (χ4v) is 1.81. The molecular weight excluding hydrogens is 272 g/mol. The van der Waals surface area contributed by atoms with Gasteiger partial charge in [-0.2, -0.15) is 0 Å². The van der Waals surface area contributed by atoms with Crippen LogP contribution < -0.4 is 10.6 Å². The van der Waals surface area contributed by atoms with Crippen LogP contribution in [0.4, 0.5) is 5.82 Å². The minimum Gasteiger partial charge on any atom is -0.368 e. The van der Waals surface area contributed by atoms with Gasteiger partial charge in [-0.3, -0.25) is 4.79 Å². The van der Waals surface area contributed by atoms with Crippen molar-refractivity contribution >= 4 is 27.7 Å². The van der Waals surface area contributed by atoms with E-state index in [9.17, 15) is 4.79 Å². The van der Waals surface area contributed by atoms with Gasteiger partial charge in [0.2, 0.25) is 5.91 Å². The summed E-state index contributed by atoms with van der Waals surface area (Å²) in [4.78, 5) is 20.9. The number of unbranched alkanes of at least 4 members (excludes halogenated alkanes) is 1. The fraction of sp³-hybridized carbons (Fsp3) is 0.500. The lowest BCUT2D eigenvalue weighted by atomic mass is 10.3. The Balaban J connectivity index is 2.82. The van der Waals surface area contributed by atoms with Crippen molar-refractivity contribution < 1.29 is 4.79 Å². The highest BCUT2D eigenvalue weighted by Crippen LogP contribution is 2.21. The number of nitrogens with zero attached hydrogens (tertiary/aromatic N) is 3. The highest BCUT2D eigenvalue weighted by atomic mass is 79.9. The molecule has 0 aliphatic carbocycles. The van der Waals surface area contributed by atoms with Crippen LogP contribution in [-0.2, 0) is 4.79 Å². The summed E-state index contributed by atoms with van der Waals surface area (Å²) in [5.74, 6) is 0.351. The lowest BCUT2D eigenvalue weighted by Crippen LogP contribution is -2.35. The van der Waals surface area contributed by atoms with Gasteiger partial charge in [-0.05, 0) is 22.4 Å². The van der Waals surface area contributed by atoms with Crippen LogP contribution in [0.3, 0.4) is 0 Å². The monoisotopic (exact) mass is 286 g/mol. The molecule has 2 N–H and O–H groups in total. The summed E-state index contributed by atoms with van der Waals surface area (Å²) >= 11 is 3.36. The lowest BCUT2D eigenvalue weighted by Gasteiger charge is -2.22. The molecule has 0 unspecified atom stereocenters. The number of aromatic nitrogens is 2. The van der Waals surface area contributed by atoms with E-state index in [1.54, 1.807) is 6.20 Å². The number of carbonyl (C=O) groups is 1. The van der Waals surface area contributed by atoms with Crippen molar-refractivity contribution in [3.63, 3.8) is 0 Å². The van der Waals surface area contributed by atoms with Crippen LogP contribution in [0.15, 0.2) is 17.0 Å². The number of carbonyl (C=O) groups excluding carboxylic acids is 1. The second-order valence-electron chi connectivity index (χ2n) is 3.44. The number of hydrogen-bond donors (Lipinski definition) is 1. The third-order valence-corrected chi connectivity index (χ3v) is 2.64. The van der Waals surface area contributed by atoms with Crippen LogP contribution in [0.1, 0.15) is 19.8 Å². The van der Waals surface area contributed by atoms with Gasteiger partial charge in [0.1, 0.15) is 12.1 Å². The Bertz CT molecular complexity index is 358. The molecule has 1 rings (SSSR count). The van der Waals surface area contributed by atoms with Crippen LogP contribution in [0, 0.1) is 0 Å². The molecule has 0 atom stereocenters. The number of amides is 1. The van der Waals surface area contributed by atoms with E-state index in [4.69, 9.17) is 5.73 Å². The normalized spacial score (nSPS) is 10.1. The van der Waals surface area contributed by atoms with Gasteiger partial charge in [0.15, 0.2) is 0 Å². The van der Waals surface area contributed by atoms with Crippen molar-refractivity contribution in [2.45, 2.75) is 19.8 Å². The quantitative estimate of drug-likeness (QED) is 0.856. The molecule has 5 nitrogen and oxygen atoms in total. The third kappa shape index (κ3) is 3.77. The Labute approximate surface area is 103 Å². The van der Waals surface area contributed by atoms with Crippen LogP contribution in [-0.4, -0.2) is 29.0 Å². The smallest absolute Gasteiger partial charge is 0.236 e. The number of nitrogens with two attached hydrogens (primary N) is 1. The summed E-state index contributed by atoms with van der Waals surface area (Å²) in [6.07, 6.45) is 5.16. The molecule has 1 heterocycles. The first-order chi connectivity index (χ1) is 7.65. The van der Waals surface area contributed by atoms with Crippen molar-refractivity contribution in [1.29, 1.82) is 0 Å². The highest BCUT2D eigenvalue weighted by molar-refractivity contribution is 9.10. The second kappa shape index (κ2) is 6.42. The van der Waals surface area contributed by atoms with E-state index in [1.165, 1.54) is 6.33 Å². The Morgan fingerprint density at radius 1 is 1.62 bits per heavy atom. The van der Waals surface area contributed by atoms with Gasteiger partial charge in [-0.15, -0.1) is 0 Å². The average molecular weight is 287 g/mol. The van der Waals surface area contributed by atoms with Gasteiger partial charge in [0.25, 0.3) is 0 Å². The predicted octanol–water partition coefficient (Wildman–Crippen LogP) is 1.33. The van der Waals surface area contributed by atoms with Gasteiger partial charge in [-0.1, -0.05) is 13.3 Å². The van der Waals surface area contributed by atoms with Crippen LogP contribution >= 0.6 is 15.9 Å². The van der Waals surface area contributed by atoms with Crippen molar-refractivity contribution in [2.24, 2.45) is 5.73 Å².